The van der Waals surface area contributed by atoms with E-state index in [1.54, 1.807) is 12.1 Å². The maximum absolute atomic E-state index is 10.8. The van der Waals surface area contributed by atoms with Gasteiger partial charge in [-0.3, -0.25) is 15.2 Å². The van der Waals surface area contributed by atoms with Crippen molar-refractivity contribution in [2.45, 2.75) is 18.9 Å². The quantitative estimate of drug-likeness (QED) is 0.404. The van der Waals surface area contributed by atoms with Gasteiger partial charge >= 0.3 is 0 Å². The number of hydrogen-bond acceptors (Lipinski definition) is 6. The second-order valence-electron chi connectivity index (χ2n) is 4.80. The number of hydrogen-bond donors (Lipinski definition) is 1. The Bertz CT molecular complexity index is 776. The van der Waals surface area contributed by atoms with Gasteiger partial charge < -0.3 is 4.74 Å². The summed E-state index contributed by atoms with van der Waals surface area (Å²) in [5, 5.41) is 21.9. The zero-order chi connectivity index (χ0) is 15.5. The molecule has 1 aromatic heterocycles. The summed E-state index contributed by atoms with van der Waals surface area (Å²) in [5.74, 6) is 0.615. The monoisotopic (exact) mass is 319 g/mol. The van der Waals surface area contributed by atoms with Gasteiger partial charge in [-0.25, -0.2) is 0 Å². The number of H-pyrrole nitrogens is 1. The summed E-state index contributed by atoms with van der Waals surface area (Å²) in [4.78, 5) is 10.3. The van der Waals surface area contributed by atoms with Crippen LogP contribution in [0.3, 0.4) is 0 Å². The molecule has 0 saturated carbocycles. The molecule has 1 aliphatic rings. The number of aromatic nitrogens is 3. The number of benzene rings is 1. The number of non-ortho nitro benzene ring substituents is 1. The lowest BCUT2D eigenvalue weighted by Crippen LogP contribution is -2.05. The minimum Gasteiger partial charge on any atom is -0.370 e. The lowest BCUT2D eigenvalue weighted by atomic mass is 10.2. The number of nitro groups is 1. The fourth-order valence-corrected chi connectivity index (χ4v) is 2.43. The first kappa shape index (κ1) is 14.5. The molecule has 1 unspecified atom stereocenters. The van der Waals surface area contributed by atoms with Gasteiger partial charge in [0, 0.05) is 24.3 Å². The maximum Gasteiger partial charge on any atom is 0.270 e. The average Bonchev–Trinajstić information content (AvgIpc) is 3.15. The molecule has 0 spiro atoms. The second-order valence-corrected chi connectivity index (χ2v) is 5.18. The molecule has 22 heavy (non-hydrogen) atoms. The van der Waals surface area contributed by atoms with E-state index in [1.165, 1.54) is 23.0 Å². The lowest BCUT2D eigenvalue weighted by molar-refractivity contribution is -0.384. The fraction of sp³-hybridized carbons (Fsp3) is 0.308. The number of rotatable bonds is 4. The molecule has 1 aromatic carbocycles. The average molecular weight is 319 g/mol. The molecule has 1 saturated heterocycles. The molecule has 1 fully saturated rings. The van der Waals surface area contributed by atoms with Crippen molar-refractivity contribution in [1.29, 1.82) is 0 Å². The van der Waals surface area contributed by atoms with Crippen LogP contribution in [0.2, 0.25) is 0 Å². The summed E-state index contributed by atoms with van der Waals surface area (Å²) >= 11 is 5.16. The molecular formula is C13H13N5O3S. The van der Waals surface area contributed by atoms with E-state index in [0.717, 1.165) is 12.8 Å². The summed E-state index contributed by atoms with van der Waals surface area (Å²) in [6.45, 7) is 0.693. The number of nitro benzene ring substituents is 1. The van der Waals surface area contributed by atoms with Crippen molar-refractivity contribution in [3.63, 3.8) is 0 Å². The van der Waals surface area contributed by atoms with Crippen LogP contribution in [0.4, 0.5) is 5.69 Å². The van der Waals surface area contributed by atoms with E-state index in [2.05, 4.69) is 15.3 Å². The van der Waals surface area contributed by atoms with E-state index < -0.39 is 4.92 Å². The minimum atomic E-state index is -0.446. The second kappa shape index (κ2) is 6.16. The zero-order valence-electron chi connectivity index (χ0n) is 11.5. The van der Waals surface area contributed by atoms with E-state index >= 15 is 0 Å². The van der Waals surface area contributed by atoms with Gasteiger partial charge in [-0.05, 0) is 25.1 Å². The van der Waals surface area contributed by atoms with Crippen LogP contribution in [0, 0.1) is 14.9 Å². The van der Waals surface area contributed by atoms with E-state index in [1.807, 2.05) is 0 Å². The first-order chi connectivity index (χ1) is 10.6. The molecule has 3 rings (SSSR count). The highest BCUT2D eigenvalue weighted by Crippen LogP contribution is 2.26. The van der Waals surface area contributed by atoms with Crippen molar-refractivity contribution in [2.24, 2.45) is 5.10 Å². The summed E-state index contributed by atoms with van der Waals surface area (Å²) in [7, 11) is 0. The van der Waals surface area contributed by atoms with E-state index in [0.29, 0.717) is 22.8 Å². The maximum atomic E-state index is 10.8. The molecule has 2 heterocycles. The molecular weight excluding hydrogens is 306 g/mol. The molecule has 1 aliphatic heterocycles. The Kier molecular flexibility index (Phi) is 4.07. The summed E-state index contributed by atoms with van der Waals surface area (Å²) in [5.41, 5.74) is 0.620. The minimum absolute atomic E-state index is 0.0130. The van der Waals surface area contributed by atoms with Crippen LogP contribution in [0.25, 0.3) is 0 Å². The normalized spacial score (nSPS) is 18.1. The Hall–Kier alpha value is -2.39. The Morgan fingerprint density at radius 1 is 1.59 bits per heavy atom. The van der Waals surface area contributed by atoms with Gasteiger partial charge in [0.25, 0.3) is 5.69 Å². The number of nitrogens with zero attached hydrogens (tertiary/aromatic N) is 4. The highest BCUT2D eigenvalue weighted by atomic mass is 32.1. The van der Waals surface area contributed by atoms with Crippen LogP contribution >= 0.6 is 12.2 Å². The number of aromatic amines is 1. The lowest BCUT2D eigenvalue weighted by Gasteiger charge is -2.07. The van der Waals surface area contributed by atoms with Crippen molar-refractivity contribution >= 4 is 24.1 Å². The molecule has 0 bridgehead atoms. The third kappa shape index (κ3) is 2.95. The summed E-state index contributed by atoms with van der Waals surface area (Å²) in [6.07, 6.45) is 3.22. The van der Waals surface area contributed by atoms with Gasteiger partial charge in [0.15, 0.2) is 5.82 Å². The van der Waals surface area contributed by atoms with Crippen LogP contribution in [0.5, 0.6) is 0 Å². The van der Waals surface area contributed by atoms with Crippen molar-refractivity contribution in [3.8, 4) is 0 Å². The SMILES string of the molecule is O=[N+]([O-])c1cccc(/C=N\n2c(C3CCCO3)n[nH]c2=S)c1. The highest BCUT2D eigenvalue weighted by Gasteiger charge is 2.23. The van der Waals surface area contributed by atoms with E-state index in [-0.39, 0.29) is 11.8 Å². The largest absolute Gasteiger partial charge is 0.370 e. The first-order valence-corrected chi connectivity index (χ1v) is 7.14. The van der Waals surface area contributed by atoms with Crippen molar-refractivity contribution < 1.29 is 9.66 Å². The van der Waals surface area contributed by atoms with Crippen molar-refractivity contribution in [1.82, 2.24) is 14.9 Å². The van der Waals surface area contributed by atoms with E-state index in [4.69, 9.17) is 17.0 Å². The Balaban J connectivity index is 1.89. The van der Waals surface area contributed by atoms with Gasteiger partial charge in [0.1, 0.15) is 6.10 Å². The number of ether oxygens (including phenoxy) is 1. The Labute approximate surface area is 130 Å². The van der Waals surface area contributed by atoms with Gasteiger partial charge in [-0.1, -0.05) is 12.1 Å². The smallest absolute Gasteiger partial charge is 0.270 e. The molecule has 9 heteroatoms. The van der Waals surface area contributed by atoms with Crippen LogP contribution in [-0.2, 0) is 4.74 Å². The predicted molar refractivity (Wildman–Crippen MR) is 81.4 cm³/mol. The van der Waals surface area contributed by atoms with E-state index in [9.17, 15) is 10.1 Å². The molecule has 0 aliphatic carbocycles. The molecule has 0 amide bonds. The zero-order valence-corrected chi connectivity index (χ0v) is 12.3. The third-order valence-corrected chi connectivity index (χ3v) is 3.56. The molecule has 0 radical (unpaired) electrons. The van der Waals surface area contributed by atoms with Crippen LogP contribution < -0.4 is 0 Å². The van der Waals surface area contributed by atoms with Crippen LogP contribution in [-0.4, -0.2) is 32.6 Å². The topological polar surface area (TPSA) is 98.3 Å². The highest BCUT2D eigenvalue weighted by molar-refractivity contribution is 7.71. The Morgan fingerprint density at radius 3 is 3.18 bits per heavy atom. The molecule has 8 nitrogen and oxygen atoms in total. The van der Waals surface area contributed by atoms with Gasteiger partial charge in [-0.15, -0.1) is 0 Å². The van der Waals surface area contributed by atoms with Gasteiger partial charge in [0.2, 0.25) is 4.77 Å². The Morgan fingerprint density at radius 2 is 2.45 bits per heavy atom. The fourth-order valence-electron chi connectivity index (χ4n) is 2.25. The predicted octanol–water partition coefficient (Wildman–Crippen LogP) is 2.58. The van der Waals surface area contributed by atoms with Gasteiger partial charge in [0.05, 0.1) is 11.1 Å². The summed E-state index contributed by atoms with van der Waals surface area (Å²) < 4.78 is 7.43. The third-order valence-electron chi connectivity index (χ3n) is 3.30. The van der Waals surface area contributed by atoms with Gasteiger partial charge in [-0.2, -0.15) is 14.9 Å². The standard InChI is InChI=1S/C13H13N5O3S/c19-18(20)10-4-1-3-9(7-10)8-14-17-12(15-16-13(17)22)11-5-2-6-21-11/h1,3-4,7-8,11H,2,5-6H2,(H,16,22)/b14-8-. The van der Waals surface area contributed by atoms with Crippen LogP contribution in [0.1, 0.15) is 30.3 Å². The summed E-state index contributed by atoms with van der Waals surface area (Å²) in [6, 6.07) is 6.21. The first-order valence-electron chi connectivity index (χ1n) is 6.73. The van der Waals surface area contributed by atoms with Crippen LogP contribution in [0.15, 0.2) is 29.4 Å². The molecule has 2 aromatic rings. The molecule has 1 atom stereocenters. The van der Waals surface area contributed by atoms with Crippen molar-refractivity contribution in [2.75, 3.05) is 6.61 Å². The van der Waals surface area contributed by atoms with Crippen molar-refractivity contribution in [3.05, 3.63) is 50.5 Å². The number of nitrogens with one attached hydrogen (secondary N) is 1. The molecule has 1 N–H and O–H groups in total. The molecule has 114 valence electrons.